The zero-order valence-electron chi connectivity index (χ0n) is 19.0. The molecule has 4 aromatic rings. The molecule has 0 fully saturated rings. The van der Waals surface area contributed by atoms with Gasteiger partial charge in [-0.3, -0.25) is 0 Å². The Labute approximate surface area is 214 Å². The summed E-state index contributed by atoms with van der Waals surface area (Å²) in [6.45, 7) is 0. The largest absolute Gasteiger partial charge is 0.478 e. The lowest BCUT2D eigenvalue weighted by Crippen LogP contribution is -2.37. The van der Waals surface area contributed by atoms with Crippen LogP contribution in [0.3, 0.4) is 0 Å². The van der Waals surface area contributed by atoms with Crippen LogP contribution in [0.2, 0.25) is 0 Å². The number of carboxylic acid groups (broad SMARTS) is 1. The SMILES string of the molecule is O=C(O)c1ccc(CCCc2ccccc2N(S(=O)(=O)c2ccccc2)S(=O)(=O)c2cccs2)cc1. The van der Waals surface area contributed by atoms with E-state index >= 15 is 0 Å². The summed E-state index contributed by atoms with van der Waals surface area (Å²) in [7, 11) is -8.87. The number of para-hydroxylation sites is 1. The Hall–Kier alpha value is -3.47. The predicted octanol–water partition coefficient (Wildman–Crippen LogP) is 5.21. The van der Waals surface area contributed by atoms with Gasteiger partial charge in [-0.2, -0.15) is 12.1 Å². The molecule has 0 radical (unpaired) electrons. The summed E-state index contributed by atoms with van der Waals surface area (Å²) in [6, 6.07) is 23.6. The second-order valence-corrected chi connectivity index (χ2v) is 12.9. The van der Waals surface area contributed by atoms with E-state index in [1.807, 2.05) is 0 Å². The number of benzene rings is 3. The van der Waals surface area contributed by atoms with Crippen LogP contribution in [-0.2, 0) is 32.9 Å². The number of carbonyl (C=O) groups is 1. The Balaban J connectivity index is 1.70. The zero-order chi connectivity index (χ0) is 25.8. The van der Waals surface area contributed by atoms with Crippen molar-refractivity contribution in [1.82, 2.24) is 0 Å². The predicted molar refractivity (Wildman–Crippen MR) is 139 cm³/mol. The van der Waals surface area contributed by atoms with Crippen molar-refractivity contribution < 1.29 is 26.7 Å². The first-order valence-electron chi connectivity index (χ1n) is 11.0. The topological polar surface area (TPSA) is 109 Å². The second kappa shape index (κ2) is 10.7. The lowest BCUT2D eigenvalue weighted by Gasteiger charge is -2.25. The van der Waals surface area contributed by atoms with E-state index in [1.54, 1.807) is 60.0 Å². The molecule has 1 N–H and O–H groups in total. The van der Waals surface area contributed by atoms with Gasteiger partial charge < -0.3 is 5.11 Å². The molecular weight excluding hydrogens is 518 g/mol. The van der Waals surface area contributed by atoms with Crippen LogP contribution >= 0.6 is 11.3 Å². The van der Waals surface area contributed by atoms with Crippen LogP contribution < -0.4 is 3.71 Å². The fourth-order valence-electron chi connectivity index (χ4n) is 3.77. The maximum atomic E-state index is 13.7. The number of sulfonamides is 2. The van der Waals surface area contributed by atoms with Crippen molar-refractivity contribution in [2.75, 3.05) is 3.71 Å². The monoisotopic (exact) mass is 541 g/mol. The molecule has 3 aromatic carbocycles. The van der Waals surface area contributed by atoms with Gasteiger partial charge in [-0.05, 0) is 72.2 Å². The van der Waals surface area contributed by atoms with Gasteiger partial charge >= 0.3 is 5.97 Å². The van der Waals surface area contributed by atoms with Gasteiger partial charge in [0.05, 0.1) is 16.1 Å². The third-order valence-corrected chi connectivity index (χ3v) is 11.1. The molecule has 0 bridgehead atoms. The Morgan fingerprint density at radius 1 is 0.750 bits per heavy atom. The number of thiophene rings is 1. The van der Waals surface area contributed by atoms with Gasteiger partial charge in [-0.25, -0.2) is 13.2 Å². The lowest BCUT2D eigenvalue weighted by molar-refractivity contribution is 0.0697. The van der Waals surface area contributed by atoms with E-state index in [-0.39, 0.29) is 20.4 Å². The number of rotatable bonds is 10. The highest BCUT2D eigenvalue weighted by atomic mass is 32.3. The molecular formula is C26H23NO6S3. The summed E-state index contributed by atoms with van der Waals surface area (Å²) in [5.41, 5.74) is 1.78. The van der Waals surface area contributed by atoms with Crippen LogP contribution in [0, 0.1) is 0 Å². The van der Waals surface area contributed by atoms with Crippen LogP contribution in [0.4, 0.5) is 5.69 Å². The van der Waals surface area contributed by atoms with Crippen molar-refractivity contribution in [3.8, 4) is 0 Å². The van der Waals surface area contributed by atoms with E-state index in [0.717, 1.165) is 16.9 Å². The average molecular weight is 542 g/mol. The molecule has 0 saturated carbocycles. The van der Waals surface area contributed by atoms with Gasteiger partial charge in [0.2, 0.25) is 0 Å². The van der Waals surface area contributed by atoms with E-state index in [0.29, 0.717) is 28.5 Å². The molecule has 0 aliphatic carbocycles. The lowest BCUT2D eigenvalue weighted by atomic mass is 10.0. The van der Waals surface area contributed by atoms with Crippen LogP contribution in [0.25, 0.3) is 0 Å². The molecule has 7 nitrogen and oxygen atoms in total. The molecule has 4 rings (SSSR count). The molecule has 36 heavy (non-hydrogen) atoms. The molecule has 0 aliphatic rings. The van der Waals surface area contributed by atoms with Crippen LogP contribution in [-0.4, -0.2) is 27.9 Å². The smallest absolute Gasteiger partial charge is 0.335 e. The molecule has 0 amide bonds. The van der Waals surface area contributed by atoms with Crippen LogP contribution in [0.5, 0.6) is 0 Å². The molecule has 0 saturated heterocycles. The van der Waals surface area contributed by atoms with Gasteiger partial charge in [0.15, 0.2) is 0 Å². The van der Waals surface area contributed by atoms with E-state index < -0.39 is 26.0 Å². The molecule has 0 spiro atoms. The molecule has 1 heterocycles. The maximum Gasteiger partial charge on any atom is 0.335 e. The highest BCUT2D eigenvalue weighted by Crippen LogP contribution is 2.35. The van der Waals surface area contributed by atoms with Crippen LogP contribution in [0.15, 0.2) is 105 Å². The standard InChI is InChI=1S/C26H23NO6S3/c28-26(29)22-17-15-20(16-18-22)8-6-10-21-9-4-5-13-24(21)27(36(32,33)25-14-7-19-34-25)35(30,31)23-11-2-1-3-12-23/h1-5,7,9,11-19H,6,8,10H2,(H,28,29). The van der Waals surface area contributed by atoms with Crippen molar-refractivity contribution in [2.24, 2.45) is 0 Å². The maximum absolute atomic E-state index is 13.7. The number of anilines is 1. The molecule has 0 aliphatic heterocycles. The van der Waals surface area contributed by atoms with Gasteiger partial charge in [0.1, 0.15) is 4.21 Å². The molecule has 186 valence electrons. The molecule has 0 atom stereocenters. The number of nitrogens with zero attached hydrogens (tertiary/aromatic N) is 1. The number of aromatic carboxylic acids is 1. The van der Waals surface area contributed by atoms with Gasteiger partial charge in [-0.1, -0.05) is 54.6 Å². The summed E-state index contributed by atoms with van der Waals surface area (Å²) in [5.74, 6) is -0.998. The van der Waals surface area contributed by atoms with E-state index in [1.165, 1.54) is 36.4 Å². The first-order chi connectivity index (χ1) is 17.2. The minimum absolute atomic E-state index is 0.0738. The number of aryl methyl sites for hydroxylation is 2. The number of hydrogen-bond acceptors (Lipinski definition) is 6. The van der Waals surface area contributed by atoms with Crippen molar-refractivity contribution in [3.05, 3.63) is 113 Å². The molecule has 0 unspecified atom stereocenters. The van der Waals surface area contributed by atoms with E-state index in [9.17, 15) is 21.6 Å². The normalized spacial score (nSPS) is 11.8. The fourth-order valence-corrected chi connectivity index (χ4v) is 8.75. The highest BCUT2D eigenvalue weighted by Gasteiger charge is 2.38. The highest BCUT2D eigenvalue weighted by molar-refractivity contribution is 8.11. The number of carboxylic acids is 1. The fraction of sp³-hybridized carbons (Fsp3) is 0.115. The second-order valence-electron chi connectivity index (χ2n) is 7.94. The Morgan fingerprint density at radius 2 is 1.42 bits per heavy atom. The third-order valence-electron chi connectivity index (χ3n) is 5.53. The van der Waals surface area contributed by atoms with E-state index in [2.05, 4.69) is 0 Å². The summed E-state index contributed by atoms with van der Waals surface area (Å²) in [6.07, 6.45) is 1.62. The van der Waals surface area contributed by atoms with Crippen molar-refractivity contribution >= 4 is 43.0 Å². The first kappa shape index (κ1) is 25.6. The van der Waals surface area contributed by atoms with Crippen molar-refractivity contribution in [3.63, 3.8) is 0 Å². The van der Waals surface area contributed by atoms with Crippen molar-refractivity contribution in [2.45, 2.75) is 28.4 Å². The van der Waals surface area contributed by atoms with Gasteiger partial charge in [0, 0.05) is 0 Å². The summed E-state index contributed by atoms with van der Waals surface area (Å²) >= 11 is 0.952. The van der Waals surface area contributed by atoms with Crippen molar-refractivity contribution in [1.29, 1.82) is 0 Å². The summed E-state index contributed by atoms with van der Waals surface area (Å²) in [4.78, 5) is 10.9. The Bertz CT molecular complexity index is 1550. The minimum atomic E-state index is -4.45. The Kier molecular flexibility index (Phi) is 7.58. The zero-order valence-corrected chi connectivity index (χ0v) is 21.5. The van der Waals surface area contributed by atoms with Crippen LogP contribution in [0.1, 0.15) is 27.9 Å². The molecule has 10 heteroatoms. The minimum Gasteiger partial charge on any atom is -0.478 e. The summed E-state index contributed by atoms with van der Waals surface area (Å²) < 4.78 is 55.2. The number of hydrogen-bond donors (Lipinski definition) is 1. The first-order valence-corrected chi connectivity index (χ1v) is 14.8. The Morgan fingerprint density at radius 3 is 2.06 bits per heavy atom. The molecule has 1 aromatic heterocycles. The van der Waals surface area contributed by atoms with E-state index in [4.69, 9.17) is 5.11 Å². The quantitative estimate of drug-likeness (QED) is 0.295. The third kappa shape index (κ3) is 5.35. The summed E-state index contributed by atoms with van der Waals surface area (Å²) in [5, 5.41) is 10.6. The average Bonchev–Trinajstić information content (AvgIpc) is 3.42. The van der Waals surface area contributed by atoms with Gasteiger partial charge in [-0.15, -0.1) is 11.3 Å². The van der Waals surface area contributed by atoms with Gasteiger partial charge in [0.25, 0.3) is 20.0 Å².